The van der Waals surface area contributed by atoms with Crippen LogP contribution in [-0.4, -0.2) is 21.2 Å². The summed E-state index contributed by atoms with van der Waals surface area (Å²) in [6.45, 7) is -4.82. The fraction of sp³-hybridized carbons (Fsp3) is 0.333. The van der Waals surface area contributed by atoms with Crippen molar-refractivity contribution >= 4 is 6.98 Å². The average molecular weight is 258 g/mol. The molecule has 0 saturated carbocycles. The first kappa shape index (κ1) is 16.3. The van der Waals surface area contributed by atoms with Crippen LogP contribution in [0.5, 0.6) is 11.5 Å². The molecule has 0 atom stereocenters. The van der Waals surface area contributed by atoms with Crippen LogP contribution in [0.1, 0.15) is 5.56 Å². The number of hydrogen-bond acceptors (Lipinski definition) is 2. The first-order valence-electron chi connectivity index (χ1n) is 4.38. The van der Waals surface area contributed by atoms with Gasteiger partial charge in [-0.05, 0) is 12.1 Å². The third-order valence-corrected chi connectivity index (χ3v) is 1.92. The van der Waals surface area contributed by atoms with E-state index in [4.69, 9.17) is 9.47 Å². The third kappa shape index (κ3) is 5.09. The zero-order valence-corrected chi connectivity index (χ0v) is 12.6. The maximum Gasteiger partial charge on any atom is 1.00 e. The molecule has 0 amide bonds. The maximum absolute atomic E-state index is 12.1. The Morgan fingerprint density at radius 3 is 2.06 bits per heavy atom. The van der Waals surface area contributed by atoms with Gasteiger partial charge < -0.3 is 22.4 Å². The van der Waals surface area contributed by atoms with Crippen LogP contribution in [0, 0.1) is 0 Å². The molecule has 0 bridgehead atoms. The summed E-state index contributed by atoms with van der Waals surface area (Å²) in [4.78, 5) is 0. The van der Waals surface area contributed by atoms with Gasteiger partial charge in [-0.1, -0.05) is 17.9 Å². The monoisotopic (exact) mass is 258 g/mol. The van der Waals surface area contributed by atoms with E-state index in [2.05, 4.69) is 0 Å². The summed E-state index contributed by atoms with van der Waals surface area (Å²) in [5, 5.41) is 0. The number of benzene rings is 1. The van der Waals surface area contributed by atoms with E-state index in [1.165, 1.54) is 32.4 Å². The van der Waals surface area contributed by atoms with Gasteiger partial charge in [0.1, 0.15) is 0 Å². The van der Waals surface area contributed by atoms with Crippen molar-refractivity contribution in [1.29, 1.82) is 0 Å². The molecular weight excluding hydrogens is 247 g/mol. The number of hydrogen-bond donors (Lipinski definition) is 0. The normalized spacial score (nSPS) is 10.6. The van der Waals surface area contributed by atoms with E-state index in [1.807, 2.05) is 0 Å². The van der Waals surface area contributed by atoms with Gasteiger partial charge in [0, 0.05) is 0 Å². The molecule has 0 aromatic heterocycles. The summed E-state index contributed by atoms with van der Waals surface area (Å²) in [5.41, 5.74) is 0.181. The first-order chi connectivity index (χ1) is 6.96. The Balaban J connectivity index is 0.00000225. The minimum absolute atomic E-state index is 0. The molecule has 0 fully saturated rings. The van der Waals surface area contributed by atoms with Crippen LogP contribution < -0.4 is 60.9 Å². The molecule has 1 rings (SSSR count). The van der Waals surface area contributed by atoms with Gasteiger partial charge in [0.2, 0.25) is 0 Å². The van der Waals surface area contributed by atoms with Gasteiger partial charge in [-0.2, -0.15) is 0 Å². The second-order valence-corrected chi connectivity index (χ2v) is 3.10. The van der Waals surface area contributed by atoms with Crippen molar-refractivity contribution in [1.82, 2.24) is 0 Å². The second kappa shape index (κ2) is 6.90. The van der Waals surface area contributed by atoms with E-state index in [-0.39, 0.29) is 56.9 Å². The standard InChI is InChI=1S/C9H11BF3O2.K/c1-14-8-4-3-7(5-9(8)15-2)6-10(11,12)13;/h3-5H,6H2,1-2H3;/q-1;+1. The molecule has 0 spiro atoms. The van der Waals surface area contributed by atoms with Crippen molar-refractivity contribution in [2.45, 2.75) is 6.32 Å². The molecule has 7 heteroatoms. The molecule has 84 valence electrons. The van der Waals surface area contributed by atoms with Crippen molar-refractivity contribution in [3.05, 3.63) is 23.8 Å². The third-order valence-electron chi connectivity index (χ3n) is 1.92. The molecule has 1 aromatic rings. The molecule has 0 aliphatic rings. The minimum Gasteiger partial charge on any atom is -0.493 e. The van der Waals surface area contributed by atoms with E-state index in [0.717, 1.165) is 0 Å². The summed E-state index contributed by atoms with van der Waals surface area (Å²) in [6.07, 6.45) is -0.902. The summed E-state index contributed by atoms with van der Waals surface area (Å²) >= 11 is 0. The van der Waals surface area contributed by atoms with Crippen molar-refractivity contribution in [3.8, 4) is 11.5 Å². The van der Waals surface area contributed by atoms with Crippen molar-refractivity contribution in [2.75, 3.05) is 14.2 Å². The fourth-order valence-corrected chi connectivity index (χ4v) is 1.27. The summed E-state index contributed by atoms with van der Waals surface area (Å²) in [7, 11) is 2.82. The molecule has 0 N–H and O–H groups in total. The molecule has 0 unspecified atom stereocenters. The molecule has 0 radical (unpaired) electrons. The zero-order valence-electron chi connectivity index (χ0n) is 9.47. The van der Waals surface area contributed by atoms with Crippen molar-refractivity contribution in [2.24, 2.45) is 0 Å². The molecule has 16 heavy (non-hydrogen) atoms. The van der Waals surface area contributed by atoms with E-state index >= 15 is 0 Å². The predicted molar refractivity (Wildman–Crippen MR) is 52.3 cm³/mol. The van der Waals surface area contributed by atoms with Crippen LogP contribution in [0.3, 0.4) is 0 Å². The van der Waals surface area contributed by atoms with Gasteiger partial charge in [-0.15, -0.1) is 0 Å². The Hall–Kier alpha value is 0.311. The maximum atomic E-state index is 12.1. The van der Waals surface area contributed by atoms with Gasteiger partial charge in [-0.3, -0.25) is 0 Å². The fourth-order valence-electron chi connectivity index (χ4n) is 1.27. The van der Waals surface area contributed by atoms with E-state index in [0.29, 0.717) is 11.5 Å². The number of methoxy groups -OCH3 is 2. The smallest absolute Gasteiger partial charge is 0.493 e. The molecule has 0 saturated heterocycles. The van der Waals surface area contributed by atoms with Crippen LogP contribution >= 0.6 is 0 Å². The largest absolute Gasteiger partial charge is 1.00 e. The SMILES string of the molecule is COc1ccc(C[B-](F)(F)F)cc1OC.[K+]. The van der Waals surface area contributed by atoms with Gasteiger partial charge in [0.15, 0.2) is 11.5 Å². The molecule has 2 nitrogen and oxygen atoms in total. The van der Waals surface area contributed by atoms with Crippen molar-refractivity contribution < 1.29 is 73.8 Å². The molecular formula is C9H11BF3KO2. The number of halogens is 3. The summed E-state index contributed by atoms with van der Waals surface area (Å²) in [6, 6.07) is 4.20. The number of ether oxygens (including phenoxy) is 2. The molecule has 0 heterocycles. The zero-order chi connectivity index (χ0) is 11.5. The van der Waals surface area contributed by atoms with Gasteiger partial charge in [0.25, 0.3) is 0 Å². The van der Waals surface area contributed by atoms with E-state index in [9.17, 15) is 12.9 Å². The Bertz CT molecular complexity index is 344. The Morgan fingerprint density at radius 2 is 1.62 bits per heavy atom. The van der Waals surface area contributed by atoms with Crippen LogP contribution in [0.4, 0.5) is 12.9 Å². The first-order valence-corrected chi connectivity index (χ1v) is 4.38. The van der Waals surface area contributed by atoms with E-state index in [1.54, 1.807) is 0 Å². The summed E-state index contributed by atoms with van der Waals surface area (Å²) < 4.78 is 46.3. The quantitative estimate of drug-likeness (QED) is 0.686. The van der Waals surface area contributed by atoms with Gasteiger partial charge in [0.05, 0.1) is 14.2 Å². The predicted octanol–water partition coefficient (Wildman–Crippen LogP) is -0.363. The molecule has 0 aliphatic heterocycles. The van der Waals surface area contributed by atoms with Gasteiger partial charge in [-0.25, -0.2) is 0 Å². The molecule has 1 aromatic carbocycles. The Labute approximate surface area is 135 Å². The number of rotatable bonds is 4. The topological polar surface area (TPSA) is 18.5 Å². The molecule has 0 aliphatic carbocycles. The van der Waals surface area contributed by atoms with Crippen molar-refractivity contribution in [3.63, 3.8) is 0 Å². The second-order valence-electron chi connectivity index (χ2n) is 3.10. The Morgan fingerprint density at radius 1 is 1.06 bits per heavy atom. The summed E-state index contributed by atoms with van der Waals surface area (Å²) in [5.74, 6) is 0.742. The van der Waals surface area contributed by atoms with Crippen LogP contribution in [0.15, 0.2) is 18.2 Å². The Kier molecular flexibility index (Phi) is 7.04. The van der Waals surface area contributed by atoms with Gasteiger partial charge >= 0.3 is 58.4 Å². The van der Waals surface area contributed by atoms with Crippen LogP contribution in [0.25, 0.3) is 0 Å². The van der Waals surface area contributed by atoms with E-state index < -0.39 is 13.3 Å². The van der Waals surface area contributed by atoms with Crippen LogP contribution in [-0.2, 0) is 6.32 Å². The minimum atomic E-state index is -4.82. The average Bonchev–Trinajstić information content (AvgIpc) is 2.15. The van der Waals surface area contributed by atoms with Crippen LogP contribution in [0.2, 0.25) is 0 Å².